The number of carbonyl (C=O) groups excluding carboxylic acids is 1. The van der Waals surface area contributed by atoms with Gasteiger partial charge in [0.25, 0.3) is 0 Å². The maximum Gasteiger partial charge on any atom is 0.236 e. The number of fused-ring (bicyclic) bond motifs is 2. The highest BCUT2D eigenvalue weighted by Gasteiger charge is 2.56. The summed E-state index contributed by atoms with van der Waals surface area (Å²) in [4.78, 5) is 14.7. The Morgan fingerprint density at radius 3 is 2.61 bits per heavy atom. The van der Waals surface area contributed by atoms with E-state index in [1.165, 1.54) is 6.42 Å². The molecule has 2 bridgehead atoms. The van der Waals surface area contributed by atoms with E-state index in [9.17, 15) is 4.79 Å². The first-order valence-corrected chi connectivity index (χ1v) is 6.86. The van der Waals surface area contributed by atoms with Crippen molar-refractivity contribution in [2.75, 3.05) is 6.54 Å². The predicted molar refractivity (Wildman–Crippen MR) is 67.1 cm³/mol. The van der Waals surface area contributed by atoms with Gasteiger partial charge in [-0.1, -0.05) is 12.1 Å². The topological polar surface area (TPSA) is 78.9 Å². The maximum absolute atomic E-state index is 12.7. The van der Waals surface area contributed by atoms with Gasteiger partial charge in [-0.15, -0.1) is 0 Å². The minimum absolute atomic E-state index is 0.100. The van der Waals surface area contributed by atoms with E-state index in [4.69, 9.17) is 10.9 Å². The zero-order chi connectivity index (χ0) is 12.9. The molecule has 2 aliphatic carbocycles. The number of rotatable bonds is 2. The van der Waals surface area contributed by atoms with E-state index < -0.39 is 5.41 Å². The first-order chi connectivity index (χ1) is 8.56. The molecular formula is C13H21N3O2. The van der Waals surface area contributed by atoms with Gasteiger partial charge >= 0.3 is 0 Å². The fraction of sp³-hybridized carbons (Fsp3) is 0.846. The molecule has 5 heteroatoms. The Balaban J connectivity index is 1.82. The molecule has 3 fully saturated rings. The van der Waals surface area contributed by atoms with Gasteiger partial charge in [-0.2, -0.15) is 0 Å². The van der Waals surface area contributed by atoms with Gasteiger partial charge < -0.3 is 15.8 Å². The van der Waals surface area contributed by atoms with Crippen molar-refractivity contribution >= 4 is 11.7 Å². The maximum atomic E-state index is 12.7. The fourth-order valence-electron chi connectivity index (χ4n) is 4.17. The number of piperidine rings is 1. The molecule has 3 aliphatic rings. The number of oxime groups is 1. The van der Waals surface area contributed by atoms with Crippen LogP contribution in [0.15, 0.2) is 5.16 Å². The summed E-state index contributed by atoms with van der Waals surface area (Å²) in [5, 5.41) is 12.1. The van der Waals surface area contributed by atoms with E-state index in [0.717, 1.165) is 32.2 Å². The second-order valence-electron chi connectivity index (χ2n) is 6.37. The standard InChI is InChI=1S/C13H21N3O2/c1-8-5-13(6-8,11(14)15-18)12(17)16-7-9-2-3-10(16)4-9/h8-10,18H,2-7H2,1H3,(H2,14,15). The number of nitrogens with two attached hydrogens (primary N) is 1. The SMILES string of the molecule is CC1CC(C(=O)N2CC3CCC2C3)(C(N)=NO)C1. The summed E-state index contributed by atoms with van der Waals surface area (Å²) in [5.74, 6) is 1.37. The van der Waals surface area contributed by atoms with Crippen LogP contribution in [0.4, 0.5) is 0 Å². The summed E-state index contributed by atoms with van der Waals surface area (Å²) in [6.45, 7) is 2.98. The van der Waals surface area contributed by atoms with Gasteiger partial charge in [-0.3, -0.25) is 4.79 Å². The van der Waals surface area contributed by atoms with Crippen LogP contribution in [0.2, 0.25) is 0 Å². The van der Waals surface area contributed by atoms with Crippen molar-refractivity contribution < 1.29 is 10.0 Å². The van der Waals surface area contributed by atoms with E-state index >= 15 is 0 Å². The van der Waals surface area contributed by atoms with Crippen molar-refractivity contribution in [3.63, 3.8) is 0 Å². The molecule has 18 heavy (non-hydrogen) atoms. The van der Waals surface area contributed by atoms with Crippen molar-refractivity contribution in [1.82, 2.24) is 4.90 Å². The fourth-order valence-corrected chi connectivity index (χ4v) is 4.17. The van der Waals surface area contributed by atoms with Crippen molar-refractivity contribution in [3.05, 3.63) is 0 Å². The van der Waals surface area contributed by atoms with Crippen LogP contribution in [0.5, 0.6) is 0 Å². The summed E-state index contributed by atoms with van der Waals surface area (Å²) in [6, 6.07) is 0.404. The lowest BCUT2D eigenvalue weighted by Gasteiger charge is -2.47. The van der Waals surface area contributed by atoms with Gasteiger partial charge in [0, 0.05) is 12.6 Å². The lowest BCUT2D eigenvalue weighted by molar-refractivity contribution is -0.146. The van der Waals surface area contributed by atoms with Crippen LogP contribution < -0.4 is 5.73 Å². The summed E-state index contributed by atoms with van der Waals surface area (Å²) < 4.78 is 0. The van der Waals surface area contributed by atoms with Crippen LogP contribution in [0.1, 0.15) is 39.0 Å². The predicted octanol–water partition coefficient (Wildman–Crippen LogP) is 1.16. The Labute approximate surface area is 107 Å². The van der Waals surface area contributed by atoms with Crippen LogP contribution in [0.3, 0.4) is 0 Å². The summed E-state index contributed by atoms with van der Waals surface area (Å²) in [7, 11) is 0. The van der Waals surface area contributed by atoms with Gasteiger partial charge in [-0.05, 0) is 43.9 Å². The monoisotopic (exact) mass is 251 g/mol. The number of carbonyl (C=O) groups is 1. The number of amides is 1. The second kappa shape index (κ2) is 3.87. The summed E-state index contributed by atoms with van der Waals surface area (Å²) in [6.07, 6.45) is 4.96. The van der Waals surface area contributed by atoms with E-state index in [1.807, 2.05) is 4.90 Å². The lowest BCUT2D eigenvalue weighted by atomic mass is 9.61. The van der Waals surface area contributed by atoms with Gasteiger partial charge in [0.1, 0.15) is 5.41 Å². The third-order valence-electron chi connectivity index (χ3n) is 5.07. The zero-order valence-electron chi connectivity index (χ0n) is 10.8. The van der Waals surface area contributed by atoms with Gasteiger partial charge in [0.15, 0.2) is 5.84 Å². The summed E-state index contributed by atoms with van der Waals surface area (Å²) in [5.41, 5.74) is 5.08. The Morgan fingerprint density at radius 2 is 2.17 bits per heavy atom. The molecule has 1 aliphatic heterocycles. The van der Waals surface area contributed by atoms with Crippen molar-refractivity contribution in [2.24, 2.45) is 28.1 Å². The smallest absolute Gasteiger partial charge is 0.236 e. The molecule has 2 saturated carbocycles. The molecule has 0 spiro atoms. The molecule has 1 saturated heterocycles. The molecule has 3 N–H and O–H groups in total. The normalized spacial score (nSPS) is 43.1. The molecule has 3 rings (SSSR count). The highest BCUT2D eigenvalue weighted by molar-refractivity contribution is 6.07. The molecule has 2 atom stereocenters. The number of likely N-dealkylation sites (tertiary alicyclic amines) is 1. The molecule has 0 aromatic rings. The van der Waals surface area contributed by atoms with E-state index in [1.54, 1.807) is 0 Å². The Bertz CT molecular complexity index is 401. The van der Waals surface area contributed by atoms with Crippen molar-refractivity contribution in [1.29, 1.82) is 0 Å². The highest BCUT2D eigenvalue weighted by Crippen LogP contribution is 2.49. The molecule has 0 aromatic heterocycles. The van der Waals surface area contributed by atoms with Crippen LogP contribution in [-0.2, 0) is 4.79 Å². The summed E-state index contributed by atoms with van der Waals surface area (Å²) >= 11 is 0. The number of hydrogen-bond acceptors (Lipinski definition) is 3. The molecular weight excluding hydrogens is 230 g/mol. The Kier molecular flexibility index (Phi) is 2.54. The van der Waals surface area contributed by atoms with Crippen LogP contribution in [0.25, 0.3) is 0 Å². The largest absolute Gasteiger partial charge is 0.409 e. The van der Waals surface area contributed by atoms with Gasteiger partial charge in [0.05, 0.1) is 0 Å². The third kappa shape index (κ3) is 1.45. The third-order valence-corrected chi connectivity index (χ3v) is 5.07. The van der Waals surface area contributed by atoms with Gasteiger partial charge in [-0.25, -0.2) is 0 Å². The average molecular weight is 251 g/mol. The number of nitrogens with zero attached hydrogens (tertiary/aromatic N) is 2. The van der Waals surface area contributed by atoms with Crippen LogP contribution >= 0.6 is 0 Å². The van der Waals surface area contributed by atoms with E-state index in [0.29, 0.717) is 17.9 Å². The highest BCUT2D eigenvalue weighted by atomic mass is 16.4. The van der Waals surface area contributed by atoms with E-state index in [2.05, 4.69) is 12.1 Å². The molecule has 5 nitrogen and oxygen atoms in total. The van der Waals surface area contributed by atoms with E-state index in [-0.39, 0.29) is 11.7 Å². The van der Waals surface area contributed by atoms with Gasteiger partial charge in [0.2, 0.25) is 5.91 Å². The Morgan fingerprint density at radius 1 is 1.44 bits per heavy atom. The molecule has 1 amide bonds. The molecule has 0 radical (unpaired) electrons. The second-order valence-corrected chi connectivity index (χ2v) is 6.37. The van der Waals surface area contributed by atoms with Crippen molar-refractivity contribution in [2.45, 2.75) is 45.1 Å². The van der Waals surface area contributed by atoms with Crippen molar-refractivity contribution in [3.8, 4) is 0 Å². The quantitative estimate of drug-likeness (QED) is 0.334. The molecule has 100 valence electrons. The Hall–Kier alpha value is -1.26. The first-order valence-electron chi connectivity index (χ1n) is 6.86. The molecule has 1 heterocycles. The van der Waals surface area contributed by atoms with Crippen LogP contribution in [0, 0.1) is 17.3 Å². The molecule has 0 aromatic carbocycles. The average Bonchev–Trinajstić information content (AvgIpc) is 2.94. The number of hydrogen-bond donors (Lipinski definition) is 2. The van der Waals surface area contributed by atoms with Crippen LogP contribution in [-0.4, -0.2) is 34.4 Å². The lowest BCUT2D eigenvalue weighted by Crippen LogP contribution is -2.58. The first kappa shape index (κ1) is 11.8. The minimum Gasteiger partial charge on any atom is -0.409 e. The zero-order valence-corrected chi connectivity index (χ0v) is 10.8. The molecule has 2 unspecified atom stereocenters. The minimum atomic E-state index is -0.710. The number of amidine groups is 1.